The molecule has 4 rings (SSSR count). The van der Waals surface area contributed by atoms with Gasteiger partial charge in [-0.3, -0.25) is 4.79 Å². The minimum absolute atomic E-state index is 0.00731. The normalized spacial score (nSPS) is 10.8. The number of amides is 1. The lowest BCUT2D eigenvalue weighted by Gasteiger charge is -2.18. The monoisotopic (exact) mass is 425 g/mol. The molecule has 0 aliphatic carbocycles. The number of nitrogens with one attached hydrogen (secondary N) is 2. The summed E-state index contributed by atoms with van der Waals surface area (Å²) in [6.45, 7) is 1.27. The van der Waals surface area contributed by atoms with Gasteiger partial charge in [-0.05, 0) is 29.7 Å². The Morgan fingerprint density at radius 2 is 1.50 bits per heavy atom. The maximum absolute atomic E-state index is 13.0. The van der Waals surface area contributed by atoms with Gasteiger partial charge in [-0.15, -0.1) is 0 Å². The van der Waals surface area contributed by atoms with Crippen molar-refractivity contribution in [2.24, 2.45) is 0 Å². The van der Waals surface area contributed by atoms with E-state index in [0.717, 1.165) is 40.0 Å². The van der Waals surface area contributed by atoms with Gasteiger partial charge in [0.25, 0.3) is 0 Å². The van der Waals surface area contributed by atoms with Crippen LogP contribution in [-0.2, 0) is 4.79 Å². The number of nitrogens with zero attached hydrogens (tertiary/aromatic N) is 1. The van der Waals surface area contributed by atoms with E-state index in [1.54, 1.807) is 7.11 Å². The van der Waals surface area contributed by atoms with Gasteiger partial charge in [0, 0.05) is 24.5 Å². The van der Waals surface area contributed by atoms with E-state index in [-0.39, 0.29) is 11.8 Å². The fourth-order valence-electron chi connectivity index (χ4n) is 3.81. The Bertz CT molecular complexity index is 1120. The van der Waals surface area contributed by atoms with Gasteiger partial charge in [-0.1, -0.05) is 72.8 Å². The minimum Gasteiger partial charge on any atom is -0.496 e. The summed E-state index contributed by atoms with van der Waals surface area (Å²) in [5.74, 6) is 1.24. The van der Waals surface area contributed by atoms with Crippen LogP contribution >= 0.6 is 0 Å². The van der Waals surface area contributed by atoms with Crippen LogP contribution in [0.3, 0.4) is 0 Å². The zero-order valence-electron chi connectivity index (χ0n) is 18.1. The van der Waals surface area contributed by atoms with Crippen molar-refractivity contribution >= 4 is 22.6 Å². The number of anilines is 1. The molecule has 32 heavy (non-hydrogen) atoms. The second kappa shape index (κ2) is 10.4. The third-order valence-corrected chi connectivity index (χ3v) is 5.39. The topological polar surface area (TPSA) is 63.2 Å². The number of methoxy groups -OCH3 is 1. The molecule has 0 spiro atoms. The maximum atomic E-state index is 13.0. The molecule has 3 aromatic carbocycles. The van der Waals surface area contributed by atoms with Crippen LogP contribution in [0.25, 0.3) is 10.9 Å². The number of carbonyl (C=O) groups is 1. The largest absolute Gasteiger partial charge is 0.496 e. The van der Waals surface area contributed by atoms with Gasteiger partial charge in [0.05, 0.1) is 18.5 Å². The lowest BCUT2D eigenvalue weighted by molar-refractivity contribution is -0.121. The van der Waals surface area contributed by atoms with Crippen molar-refractivity contribution in [3.63, 3.8) is 0 Å². The Morgan fingerprint density at radius 1 is 0.875 bits per heavy atom. The summed E-state index contributed by atoms with van der Waals surface area (Å²) in [5, 5.41) is 7.42. The number of carbonyl (C=O) groups excluding carboxylic acids is 1. The highest BCUT2D eigenvalue weighted by molar-refractivity contribution is 5.87. The number of para-hydroxylation sites is 1. The summed E-state index contributed by atoms with van der Waals surface area (Å²) >= 11 is 0. The molecule has 0 aliphatic rings. The predicted molar refractivity (Wildman–Crippen MR) is 129 cm³/mol. The van der Waals surface area contributed by atoms with Gasteiger partial charge in [0.2, 0.25) is 5.91 Å². The minimum atomic E-state index is -0.322. The third kappa shape index (κ3) is 5.06. The Labute approximate surface area is 188 Å². The van der Waals surface area contributed by atoms with Crippen molar-refractivity contribution in [3.05, 3.63) is 102 Å². The van der Waals surface area contributed by atoms with E-state index in [0.29, 0.717) is 13.1 Å². The van der Waals surface area contributed by atoms with E-state index in [9.17, 15) is 4.79 Å². The Balaban J connectivity index is 1.35. The van der Waals surface area contributed by atoms with Crippen LogP contribution < -0.4 is 15.4 Å². The summed E-state index contributed by atoms with van der Waals surface area (Å²) in [6.07, 6.45) is 0.777. The van der Waals surface area contributed by atoms with Gasteiger partial charge >= 0.3 is 0 Å². The van der Waals surface area contributed by atoms with Crippen LogP contribution in [0, 0.1) is 0 Å². The first-order valence-electron chi connectivity index (χ1n) is 10.8. The summed E-state index contributed by atoms with van der Waals surface area (Å²) in [5.41, 5.74) is 2.86. The van der Waals surface area contributed by atoms with Crippen LogP contribution in [0.2, 0.25) is 0 Å². The smallest absolute Gasteiger partial charge is 0.232 e. The fourth-order valence-corrected chi connectivity index (χ4v) is 3.81. The van der Waals surface area contributed by atoms with E-state index in [1.165, 1.54) is 0 Å². The molecular formula is C27H27N3O2. The molecule has 1 amide bonds. The molecule has 0 saturated carbocycles. The average molecular weight is 426 g/mol. The van der Waals surface area contributed by atoms with Crippen molar-refractivity contribution in [3.8, 4) is 5.75 Å². The van der Waals surface area contributed by atoms with Crippen molar-refractivity contribution < 1.29 is 9.53 Å². The first-order chi connectivity index (χ1) is 15.8. The predicted octanol–water partition coefficient (Wildman–Crippen LogP) is 4.99. The van der Waals surface area contributed by atoms with Crippen molar-refractivity contribution in [2.45, 2.75) is 12.3 Å². The number of hydrogen-bond donors (Lipinski definition) is 2. The first kappa shape index (κ1) is 21.4. The number of rotatable bonds is 9. The van der Waals surface area contributed by atoms with Crippen LogP contribution in [0.5, 0.6) is 5.75 Å². The quantitative estimate of drug-likeness (QED) is 0.371. The highest BCUT2D eigenvalue weighted by Gasteiger charge is 2.21. The molecule has 1 aromatic heterocycles. The fraction of sp³-hybridized carbons (Fsp3) is 0.185. The molecule has 0 radical (unpaired) electrons. The maximum Gasteiger partial charge on any atom is 0.232 e. The molecule has 1 heterocycles. The van der Waals surface area contributed by atoms with Crippen molar-refractivity contribution in [1.82, 2.24) is 10.3 Å². The lowest BCUT2D eigenvalue weighted by atomic mass is 9.90. The molecule has 0 unspecified atom stereocenters. The molecule has 0 fully saturated rings. The third-order valence-electron chi connectivity index (χ3n) is 5.39. The summed E-state index contributed by atoms with van der Waals surface area (Å²) < 4.78 is 5.50. The summed E-state index contributed by atoms with van der Waals surface area (Å²) in [6, 6.07) is 29.6. The van der Waals surface area contributed by atoms with Crippen LogP contribution in [0.4, 0.5) is 5.82 Å². The molecule has 0 saturated heterocycles. The van der Waals surface area contributed by atoms with E-state index >= 15 is 0 Å². The molecule has 5 nitrogen and oxygen atoms in total. The zero-order chi connectivity index (χ0) is 22.2. The second-order valence-corrected chi connectivity index (χ2v) is 7.55. The lowest BCUT2D eigenvalue weighted by Crippen LogP contribution is -2.31. The number of fused-ring (bicyclic) bond motifs is 1. The highest BCUT2D eigenvalue weighted by atomic mass is 16.5. The molecule has 162 valence electrons. The van der Waals surface area contributed by atoms with E-state index < -0.39 is 0 Å². The molecule has 0 aliphatic heterocycles. The van der Waals surface area contributed by atoms with Crippen LogP contribution in [0.1, 0.15) is 23.5 Å². The van der Waals surface area contributed by atoms with Gasteiger partial charge in [0.1, 0.15) is 11.6 Å². The van der Waals surface area contributed by atoms with E-state index in [2.05, 4.69) is 15.6 Å². The molecule has 5 heteroatoms. The van der Waals surface area contributed by atoms with Gasteiger partial charge in [0.15, 0.2) is 0 Å². The van der Waals surface area contributed by atoms with Crippen LogP contribution in [0.15, 0.2) is 91.0 Å². The number of ether oxygens (including phenoxy) is 1. The summed E-state index contributed by atoms with van der Waals surface area (Å²) in [4.78, 5) is 17.7. The molecule has 2 N–H and O–H groups in total. The highest BCUT2D eigenvalue weighted by Crippen LogP contribution is 2.27. The second-order valence-electron chi connectivity index (χ2n) is 7.55. The number of aromatic nitrogens is 1. The van der Waals surface area contributed by atoms with Gasteiger partial charge < -0.3 is 15.4 Å². The van der Waals surface area contributed by atoms with Crippen molar-refractivity contribution in [1.29, 1.82) is 0 Å². The van der Waals surface area contributed by atoms with Crippen molar-refractivity contribution in [2.75, 3.05) is 25.5 Å². The molecule has 4 aromatic rings. The van der Waals surface area contributed by atoms with E-state index in [1.807, 2.05) is 91.0 Å². The number of pyridine rings is 1. The SMILES string of the molecule is COc1cc(NCCCNC(=O)C(c2ccccc2)c2ccccc2)nc2ccccc12. The number of benzene rings is 3. The first-order valence-corrected chi connectivity index (χ1v) is 10.8. The van der Waals surface area contributed by atoms with Gasteiger partial charge in [-0.25, -0.2) is 4.98 Å². The summed E-state index contributed by atoms with van der Waals surface area (Å²) in [7, 11) is 1.66. The molecular weight excluding hydrogens is 398 g/mol. The van der Waals surface area contributed by atoms with E-state index in [4.69, 9.17) is 4.74 Å². The average Bonchev–Trinajstić information content (AvgIpc) is 2.85. The molecule has 0 atom stereocenters. The Kier molecular flexibility index (Phi) is 6.98. The number of hydrogen-bond acceptors (Lipinski definition) is 4. The standard InChI is InChI=1S/C27H27N3O2/c1-32-24-19-25(30-23-16-9-8-15-22(23)24)28-17-10-18-29-27(31)26(20-11-4-2-5-12-20)21-13-6-3-7-14-21/h2-9,11-16,19,26H,10,17-18H2,1H3,(H,28,30)(H,29,31). The van der Waals surface area contributed by atoms with Gasteiger partial charge in [-0.2, -0.15) is 0 Å². The Hall–Kier alpha value is -3.86. The Morgan fingerprint density at radius 3 is 2.16 bits per heavy atom. The molecule has 0 bridgehead atoms. The zero-order valence-corrected chi connectivity index (χ0v) is 18.1. The van der Waals surface area contributed by atoms with Crippen LogP contribution in [-0.4, -0.2) is 31.1 Å².